The first-order chi connectivity index (χ1) is 22.3. The largest absolute Gasteiger partial charge is 0.509 e. The van der Waals surface area contributed by atoms with Crippen molar-refractivity contribution in [3.63, 3.8) is 0 Å². The minimum absolute atomic E-state index is 0. The molecule has 0 N–H and O–H groups in total. The van der Waals surface area contributed by atoms with Gasteiger partial charge in [-0.1, -0.05) is 91.0 Å². The van der Waals surface area contributed by atoms with Gasteiger partial charge in [-0.05, 0) is 35.0 Å². The molecule has 0 atom stereocenters. The molecule has 0 unspecified atom stereocenters. The number of ether oxygens (including phenoxy) is 1. The molecule has 46 heavy (non-hydrogen) atoms. The predicted molar refractivity (Wildman–Crippen MR) is 180 cm³/mol. The quantitative estimate of drug-likeness (QED) is 0.151. The Morgan fingerprint density at radius 2 is 1.07 bits per heavy atom. The van der Waals surface area contributed by atoms with Gasteiger partial charge in [0.15, 0.2) is 0 Å². The van der Waals surface area contributed by atoms with E-state index in [0.29, 0.717) is 11.5 Å². The number of benzene rings is 6. The molecule has 5 nitrogen and oxygen atoms in total. The molecule has 0 amide bonds. The van der Waals surface area contributed by atoms with Gasteiger partial charge >= 0.3 is 0 Å². The van der Waals surface area contributed by atoms with Crippen LogP contribution in [-0.4, -0.2) is 9.78 Å². The summed E-state index contributed by atoms with van der Waals surface area (Å²) in [6, 6.07) is 56.5. The van der Waals surface area contributed by atoms with Crippen molar-refractivity contribution < 1.29 is 25.8 Å². The zero-order valence-corrected chi connectivity index (χ0v) is 26.9. The van der Waals surface area contributed by atoms with Gasteiger partial charge in [0.2, 0.25) is 0 Å². The van der Waals surface area contributed by atoms with Crippen molar-refractivity contribution in [2.75, 3.05) is 9.80 Å². The van der Waals surface area contributed by atoms with Crippen molar-refractivity contribution in [2.45, 2.75) is 0 Å². The Morgan fingerprint density at radius 1 is 0.522 bits per heavy atom. The monoisotopic (exact) mass is 774 g/mol. The van der Waals surface area contributed by atoms with Crippen LogP contribution >= 0.6 is 0 Å². The van der Waals surface area contributed by atoms with Crippen LogP contribution in [0, 0.1) is 18.8 Å². The number of anilines is 4. The second kappa shape index (κ2) is 12.9. The first-order valence-corrected chi connectivity index (χ1v) is 14.8. The van der Waals surface area contributed by atoms with Crippen molar-refractivity contribution >= 4 is 22.7 Å². The standard InChI is InChI=1S/C40H27N4O.Pt/c1-3-13-30(14-4-1)36-21-11-22-37(31-15-5-2-6-16-31)40(36)43-29-42(38-23-7-8-24-39(38)43)32-17-9-19-34(27-32)45-35-20-10-18-33(28-35)44-26-12-25-41-44;/h1-26,29H;/q-3;. The van der Waals surface area contributed by atoms with E-state index in [0.717, 1.165) is 50.7 Å². The topological polar surface area (TPSA) is 33.5 Å². The van der Waals surface area contributed by atoms with Crippen molar-refractivity contribution in [1.82, 2.24) is 9.78 Å². The molecule has 0 bridgehead atoms. The van der Waals surface area contributed by atoms with Crippen LogP contribution in [-0.2, 0) is 21.1 Å². The van der Waals surface area contributed by atoms with E-state index >= 15 is 0 Å². The summed E-state index contributed by atoms with van der Waals surface area (Å²) in [7, 11) is 0. The molecule has 6 heteroatoms. The van der Waals surface area contributed by atoms with Gasteiger partial charge in [0.25, 0.3) is 0 Å². The Morgan fingerprint density at radius 3 is 1.67 bits per heavy atom. The molecule has 0 aliphatic carbocycles. The normalized spacial score (nSPS) is 12.0. The van der Waals surface area contributed by atoms with Crippen LogP contribution in [0.25, 0.3) is 27.9 Å². The van der Waals surface area contributed by atoms with Crippen LogP contribution in [0.3, 0.4) is 0 Å². The zero-order chi connectivity index (χ0) is 30.0. The molecular weight excluding hydrogens is 748 g/mol. The second-order valence-electron chi connectivity index (χ2n) is 10.6. The summed E-state index contributed by atoms with van der Waals surface area (Å²) in [5, 5.41) is 4.31. The summed E-state index contributed by atoms with van der Waals surface area (Å²) in [6.07, 6.45) is 3.63. The smallest absolute Gasteiger partial charge is 0.0493 e. The molecule has 1 aromatic heterocycles. The first kappa shape index (κ1) is 29.3. The fraction of sp³-hybridized carbons (Fsp3) is 0. The van der Waals surface area contributed by atoms with E-state index in [-0.39, 0.29) is 21.1 Å². The molecule has 226 valence electrons. The van der Waals surface area contributed by atoms with Crippen LogP contribution in [0.1, 0.15) is 0 Å². The van der Waals surface area contributed by atoms with E-state index in [1.54, 1.807) is 10.9 Å². The van der Waals surface area contributed by atoms with Gasteiger partial charge < -0.3 is 14.5 Å². The van der Waals surface area contributed by atoms with Crippen molar-refractivity contribution in [2.24, 2.45) is 0 Å². The number of aromatic nitrogens is 2. The van der Waals surface area contributed by atoms with Crippen molar-refractivity contribution in [3.05, 3.63) is 177 Å². The molecule has 1 aliphatic rings. The van der Waals surface area contributed by atoms with E-state index in [9.17, 15) is 0 Å². The predicted octanol–water partition coefficient (Wildman–Crippen LogP) is 10.0. The van der Waals surface area contributed by atoms with Gasteiger partial charge in [-0.15, -0.1) is 48.8 Å². The fourth-order valence-electron chi connectivity index (χ4n) is 5.78. The minimum atomic E-state index is 0. The minimum Gasteiger partial charge on any atom is -0.509 e. The van der Waals surface area contributed by atoms with Gasteiger partial charge in [0.1, 0.15) is 0 Å². The average molecular weight is 775 g/mol. The third kappa shape index (κ3) is 5.62. The van der Waals surface area contributed by atoms with E-state index in [2.05, 4.69) is 143 Å². The number of hydrogen-bond donors (Lipinski definition) is 0. The molecule has 1 aliphatic heterocycles. The number of nitrogens with zero attached hydrogens (tertiary/aromatic N) is 4. The summed E-state index contributed by atoms with van der Waals surface area (Å²) >= 11 is 0. The molecule has 6 aromatic carbocycles. The summed E-state index contributed by atoms with van der Waals surface area (Å²) in [4.78, 5) is 4.46. The average Bonchev–Trinajstić information content (AvgIpc) is 3.78. The Labute approximate surface area is 283 Å². The SMILES string of the molecule is [Pt].[c-]1c(Oc2[c-]c(-n3cccn3)ccc2)cccc1N1[CH-]N(c2c(-c3ccccc3)cccc2-c2ccccc2)c2ccccc21. The molecule has 2 heterocycles. The maximum atomic E-state index is 6.26. The maximum Gasteiger partial charge on any atom is 0.0493 e. The second-order valence-corrected chi connectivity index (χ2v) is 10.6. The van der Waals surface area contributed by atoms with Crippen LogP contribution in [0.4, 0.5) is 22.7 Å². The van der Waals surface area contributed by atoms with Crippen molar-refractivity contribution in [1.29, 1.82) is 0 Å². The van der Waals surface area contributed by atoms with Crippen LogP contribution in [0.2, 0.25) is 0 Å². The van der Waals surface area contributed by atoms with Crippen LogP contribution in [0.15, 0.2) is 158 Å². The molecule has 0 radical (unpaired) electrons. The first-order valence-electron chi connectivity index (χ1n) is 14.8. The van der Waals surface area contributed by atoms with E-state index in [4.69, 9.17) is 4.74 Å². The van der Waals surface area contributed by atoms with Gasteiger partial charge in [0.05, 0.1) is 0 Å². The van der Waals surface area contributed by atoms with E-state index < -0.39 is 0 Å². The molecular formula is C40H27N4OPt-3. The Hall–Kier alpha value is -5.38. The Bertz CT molecular complexity index is 2020. The number of para-hydroxylation sites is 3. The Balaban J connectivity index is 0.00000338. The van der Waals surface area contributed by atoms with Crippen LogP contribution in [0.5, 0.6) is 11.5 Å². The fourth-order valence-corrected chi connectivity index (χ4v) is 5.78. The third-order valence-corrected chi connectivity index (χ3v) is 7.81. The van der Waals surface area contributed by atoms with Gasteiger partial charge in [-0.3, -0.25) is 4.68 Å². The van der Waals surface area contributed by atoms with Gasteiger partial charge in [-0.2, -0.15) is 17.2 Å². The molecule has 7 aromatic rings. The summed E-state index contributed by atoms with van der Waals surface area (Å²) in [5.74, 6) is 1.19. The molecule has 0 fully saturated rings. The summed E-state index contributed by atoms with van der Waals surface area (Å²) in [6.45, 7) is 2.15. The van der Waals surface area contributed by atoms with E-state index in [1.807, 2.05) is 42.6 Å². The van der Waals surface area contributed by atoms with Gasteiger partial charge in [0, 0.05) is 73.1 Å². The molecule has 0 spiro atoms. The molecule has 0 saturated heterocycles. The van der Waals surface area contributed by atoms with Crippen LogP contribution < -0.4 is 14.5 Å². The maximum absolute atomic E-state index is 6.26. The van der Waals surface area contributed by atoms with Gasteiger partial charge in [-0.25, -0.2) is 0 Å². The molecule has 0 saturated carbocycles. The summed E-state index contributed by atoms with van der Waals surface area (Å²) < 4.78 is 8.02. The van der Waals surface area contributed by atoms with Crippen molar-refractivity contribution in [3.8, 4) is 39.4 Å². The zero-order valence-electron chi connectivity index (χ0n) is 24.6. The van der Waals surface area contributed by atoms with E-state index in [1.165, 1.54) is 0 Å². The Kier molecular flexibility index (Phi) is 8.24. The third-order valence-electron chi connectivity index (χ3n) is 7.81. The summed E-state index contributed by atoms with van der Waals surface area (Å²) in [5.41, 5.74) is 9.54. The number of hydrogen-bond acceptors (Lipinski definition) is 4. The number of fused-ring (bicyclic) bond motifs is 1. The number of rotatable bonds is 7. The molecule has 8 rings (SSSR count).